The topological polar surface area (TPSA) is 12.0 Å². The molecule has 1 N–H and O–H groups in total. The van der Waals surface area contributed by atoms with Crippen LogP contribution in [0.4, 0.5) is 0 Å². The van der Waals surface area contributed by atoms with Crippen molar-refractivity contribution in [3.05, 3.63) is 69.7 Å². The van der Waals surface area contributed by atoms with E-state index in [1.54, 1.807) is 0 Å². The van der Waals surface area contributed by atoms with Crippen LogP contribution in [-0.2, 0) is 6.42 Å². The fraction of sp³-hybridized carbons (Fsp3) is 0.368. The Hall–Kier alpha value is -1.12. The highest BCUT2D eigenvalue weighted by atomic mass is 79.9. The van der Waals surface area contributed by atoms with Crippen molar-refractivity contribution in [1.29, 1.82) is 0 Å². The van der Waals surface area contributed by atoms with Gasteiger partial charge in [0, 0.05) is 16.6 Å². The van der Waals surface area contributed by atoms with Crippen molar-refractivity contribution in [1.82, 2.24) is 5.32 Å². The Morgan fingerprint density at radius 1 is 1.14 bits per heavy atom. The first-order valence-corrected chi connectivity index (χ1v) is 8.36. The summed E-state index contributed by atoms with van der Waals surface area (Å²) in [7, 11) is 0. The first kappa shape index (κ1) is 14.8. The van der Waals surface area contributed by atoms with Crippen LogP contribution in [0.25, 0.3) is 0 Å². The van der Waals surface area contributed by atoms with Crippen LogP contribution in [0.3, 0.4) is 0 Å². The van der Waals surface area contributed by atoms with E-state index >= 15 is 0 Å². The van der Waals surface area contributed by atoms with Gasteiger partial charge in [0.1, 0.15) is 0 Å². The van der Waals surface area contributed by atoms with Gasteiger partial charge in [-0.05, 0) is 47.6 Å². The molecule has 2 heteroatoms. The molecule has 110 valence electrons. The molecule has 2 atom stereocenters. The van der Waals surface area contributed by atoms with Crippen molar-refractivity contribution in [2.45, 2.75) is 39.3 Å². The third-order valence-corrected chi connectivity index (χ3v) is 5.05. The SMILES string of the molecule is C[C@@H](NC1c2ccccc2CC1(C)C)c1cccc(Br)c1. The highest BCUT2D eigenvalue weighted by molar-refractivity contribution is 9.10. The summed E-state index contributed by atoms with van der Waals surface area (Å²) < 4.78 is 1.14. The molecule has 1 aliphatic rings. The number of hydrogen-bond acceptors (Lipinski definition) is 1. The number of hydrogen-bond donors (Lipinski definition) is 1. The molecule has 0 amide bonds. The molecule has 0 aromatic heterocycles. The average Bonchev–Trinajstić information content (AvgIpc) is 2.69. The minimum Gasteiger partial charge on any atom is -0.303 e. The van der Waals surface area contributed by atoms with Crippen LogP contribution in [0.2, 0.25) is 0 Å². The van der Waals surface area contributed by atoms with Crippen LogP contribution in [0.5, 0.6) is 0 Å². The molecule has 0 radical (unpaired) electrons. The smallest absolute Gasteiger partial charge is 0.0382 e. The van der Waals surface area contributed by atoms with Gasteiger partial charge in [-0.3, -0.25) is 0 Å². The van der Waals surface area contributed by atoms with Gasteiger partial charge in [-0.1, -0.05) is 66.2 Å². The zero-order chi connectivity index (χ0) is 15.0. The quantitative estimate of drug-likeness (QED) is 0.784. The van der Waals surface area contributed by atoms with E-state index in [2.05, 4.69) is 90.5 Å². The summed E-state index contributed by atoms with van der Waals surface area (Å²) in [5.74, 6) is 0. The number of nitrogens with one attached hydrogen (secondary N) is 1. The maximum atomic E-state index is 3.85. The predicted molar refractivity (Wildman–Crippen MR) is 92.4 cm³/mol. The Kier molecular flexibility index (Phi) is 3.94. The van der Waals surface area contributed by atoms with Gasteiger partial charge in [0.2, 0.25) is 0 Å². The molecule has 2 aromatic carbocycles. The van der Waals surface area contributed by atoms with E-state index in [1.807, 2.05) is 0 Å². The molecule has 0 heterocycles. The largest absolute Gasteiger partial charge is 0.303 e. The predicted octanol–water partition coefficient (Wildman–Crippen LogP) is 5.42. The standard InChI is InChI=1S/C19H22BrN/c1-13(14-8-6-9-16(20)11-14)21-18-17-10-5-4-7-15(17)12-19(18,2)3/h4-11,13,18,21H,12H2,1-3H3/t13-,18?/m1/s1. The van der Waals surface area contributed by atoms with Crippen LogP contribution in [0.15, 0.2) is 53.0 Å². The van der Waals surface area contributed by atoms with Crippen molar-refractivity contribution >= 4 is 15.9 Å². The second-order valence-electron chi connectivity index (χ2n) is 6.74. The Labute approximate surface area is 135 Å². The first-order chi connectivity index (χ1) is 9.97. The van der Waals surface area contributed by atoms with Crippen molar-refractivity contribution in [2.24, 2.45) is 5.41 Å². The monoisotopic (exact) mass is 343 g/mol. The molecule has 0 spiro atoms. The lowest BCUT2D eigenvalue weighted by molar-refractivity contribution is 0.252. The van der Waals surface area contributed by atoms with Gasteiger partial charge >= 0.3 is 0 Å². The van der Waals surface area contributed by atoms with E-state index in [0.29, 0.717) is 12.1 Å². The van der Waals surface area contributed by atoms with E-state index < -0.39 is 0 Å². The van der Waals surface area contributed by atoms with E-state index in [4.69, 9.17) is 0 Å². The highest BCUT2D eigenvalue weighted by Crippen LogP contribution is 2.46. The van der Waals surface area contributed by atoms with Gasteiger partial charge in [0.05, 0.1) is 0 Å². The number of rotatable bonds is 3. The lowest BCUT2D eigenvalue weighted by Gasteiger charge is -2.31. The van der Waals surface area contributed by atoms with Gasteiger partial charge in [-0.25, -0.2) is 0 Å². The Morgan fingerprint density at radius 2 is 1.90 bits per heavy atom. The Balaban J connectivity index is 1.87. The normalized spacial score (nSPS) is 21.0. The van der Waals surface area contributed by atoms with Gasteiger partial charge in [-0.15, -0.1) is 0 Å². The fourth-order valence-electron chi connectivity index (χ4n) is 3.43. The van der Waals surface area contributed by atoms with E-state index in [9.17, 15) is 0 Å². The van der Waals surface area contributed by atoms with Crippen LogP contribution in [-0.4, -0.2) is 0 Å². The van der Waals surface area contributed by atoms with Crippen molar-refractivity contribution in [3.8, 4) is 0 Å². The maximum absolute atomic E-state index is 3.85. The summed E-state index contributed by atoms with van der Waals surface area (Å²) in [5.41, 5.74) is 4.53. The van der Waals surface area contributed by atoms with Crippen LogP contribution in [0, 0.1) is 5.41 Å². The molecule has 3 rings (SSSR count). The fourth-order valence-corrected chi connectivity index (χ4v) is 3.85. The minimum absolute atomic E-state index is 0.254. The number of fused-ring (bicyclic) bond motifs is 1. The lowest BCUT2D eigenvalue weighted by atomic mass is 9.84. The summed E-state index contributed by atoms with van der Waals surface area (Å²) in [6.45, 7) is 6.97. The van der Waals surface area contributed by atoms with Gasteiger partial charge in [0.25, 0.3) is 0 Å². The number of benzene rings is 2. The zero-order valence-corrected chi connectivity index (χ0v) is 14.4. The third kappa shape index (κ3) is 2.93. The summed E-state index contributed by atoms with van der Waals surface area (Å²) in [5, 5.41) is 3.85. The minimum atomic E-state index is 0.254. The van der Waals surface area contributed by atoms with E-state index in [-0.39, 0.29) is 5.41 Å². The lowest BCUT2D eigenvalue weighted by Crippen LogP contribution is -2.33. The number of halogens is 1. The Morgan fingerprint density at radius 3 is 2.67 bits per heavy atom. The molecule has 2 aromatic rings. The van der Waals surface area contributed by atoms with Crippen LogP contribution in [0.1, 0.15) is 49.5 Å². The summed E-state index contributed by atoms with van der Waals surface area (Å²) in [6, 6.07) is 18.1. The molecule has 0 saturated carbocycles. The van der Waals surface area contributed by atoms with Crippen LogP contribution >= 0.6 is 15.9 Å². The van der Waals surface area contributed by atoms with Crippen molar-refractivity contribution in [2.75, 3.05) is 0 Å². The second kappa shape index (κ2) is 5.58. The molecule has 0 bridgehead atoms. The average molecular weight is 344 g/mol. The Bertz CT molecular complexity index is 648. The summed E-state index contributed by atoms with van der Waals surface area (Å²) in [4.78, 5) is 0. The molecule has 0 saturated heterocycles. The molecule has 0 fully saturated rings. The molecule has 1 nitrogen and oxygen atoms in total. The molecule has 1 unspecified atom stereocenters. The molecular weight excluding hydrogens is 322 g/mol. The molecule has 21 heavy (non-hydrogen) atoms. The van der Waals surface area contributed by atoms with Crippen molar-refractivity contribution < 1.29 is 0 Å². The van der Waals surface area contributed by atoms with Crippen molar-refractivity contribution in [3.63, 3.8) is 0 Å². The van der Waals surface area contributed by atoms with Gasteiger partial charge in [-0.2, -0.15) is 0 Å². The van der Waals surface area contributed by atoms with Gasteiger partial charge in [0.15, 0.2) is 0 Å². The molecular formula is C19H22BrN. The summed E-state index contributed by atoms with van der Waals surface area (Å²) in [6.07, 6.45) is 1.14. The molecule has 1 aliphatic carbocycles. The zero-order valence-electron chi connectivity index (χ0n) is 12.9. The maximum Gasteiger partial charge on any atom is 0.0382 e. The van der Waals surface area contributed by atoms with Crippen LogP contribution < -0.4 is 5.32 Å². The van der Waals surface area contributed by atoms with E-state index in [0.717, 1.165) is 10.9 Å². The second-order valence-corrected chi connectivity index (χ2v) is 7.66. The highest BCUT2D eigenvalue weighted by Gasteiger charge is 2.39. The summed E-state index contributed by atoms with van der Waals surface area (Å²) >= 11 is 3.56. The van der Waals surface area contributed by atoms with E-state index in [1.165, 1.54) is 16.7 Å². The first-order valence-electron chi connectivity index (χ1n) is 7.57. The third-order valence-electron chi connectivity index (χ3n) is 4.56. The molecule has 0 aliphatic heterocycles. The van der Waals surface area contributed by atoms with Gasteiger partial charge < -0.3 is 5.32 Å².